The van der Waals surface area contributed by atoms with Crippen molar-refractivity contribution >= 4 is 22.6 Å². The summed E-state index contributed by atoms with van der Waals surface area (Å²) in [6.45, 7) is 0.650. The molecule has 3 aromatic rings. The highest BCUT2D eigenvalue weighted by Crippen LogP contribution is 2.38. The molecule has 4 heteroatoms. The van der Waals surface area contributed by atoms with Crippen LogP contribution in [0.3, 0.4) is 0 Å². The molecule has 0 atom stereocenters. The van der Waals surface area contributed by atoms with E-state index in [1.807, 2.05) is 36.4 Å². The van der Waals surface area contributed by atoms with Gasteiger partial charge in [-0.05, 0) is 11.6 Å². The fraction of sp³-hybridized carbons (Fsp3) is 0.125. The van der Waals surface area contributed by atoms with E-state index in [9.17, 15) is 4.79 Å². The summed E-state index contributed by atoms with van der Waals surface area (Å²) >= 11 is 0. The summed E-state index contributed by atoms with van der Waals surface area (Å²) in [7, 11) is 0. The van der Waals surface area contributed by atoms with Crippen LogP contribution < -0.4 is 5.32 Å². The highest BCUT2D eigenvalue weighted by molar-refractivity contribution is 6.10. The number of nitrogens with one attached hydrogen (secondary N) is 1. The van der Waals surface area contributed by atoms with Crippen LogP contribution in [0.2, 0.25) is 0 Å². The van der Waals surface area contributed by atoms with Crippen LogP contribution in [0, 0.1) is 0 Å². The van der Waals surface area contributed by atoms with Gasteiger partial charge in [0.2, 0.25) is 5.71 Å². The van der Waals surface area contributed by atoms with Crippen molar-refractivity contribution in [3.8, 4) is 11.1 Å². The zero-order chi connectivity index (χ0) is 13.5. The average molecular weight is 264 g/mol. The Morgan fingerprint density at radius 1 is 1.15 bits per heavy atom. The lowest BCUT2D eigenvalue weighted by Crippen LogP contribution is -2.20. The molecule has 0 amide bonds. The lowest BCUT2D eigenvalue weighted by atomic mass is 9.96. The van der Waals surface area contributed by atoms with Crippen LogP contribution in [0.15, 0.2) is 47.1 Å². The SMILES string of the molecule is O=C1CCNc2c1nc1occc1c2-c1ccccc1. The van der Waals surface area contributed by atoms with Crippen molar-refractivity contribution in [2.75, 3.05) is 11.9 Å². The monoisotopic (exact) mass is 264 g/mol. The van der Waals surface area contributed by atoms with E-state index in [2.05, 4.69) is 10.3 Å². The van der Waals surface area contributed by atoms with E-state index < -0.39 is 0 Å². The molecule has 4 rings (SSSR count). The number of Topliss-reactive ketones (excluding diaryl/α,β-unsaturated/α-hetero) is 1. The number of anilines is 1. The van der Waals surface area contributed by atoms with Crippen LogP contribution in [0.5, 0.6) is 0 Å². The molecule has 0 aliphatic carbocycles. The van der Waals surface area contributed by atoms with E-state index in [4.69, 9.17) is 4.42 Å². The van der Waals surface area contributed by atoms with Gasteiger partial charge in [0.05, 0.1) is 17.3 Å². The summed E-state index contributed by atoms with van der Waals surface area (Å²) in [4.78, 5) is 16.5. The Morgan fingerprint density at radius 2 is 2.00 bits per heavy atom. The van der Waals surface area contributed by atoms with Gasteiger partial charge in [-0.1, -0.05) is 30.3 Å². The highest BCUT2D eigenvalue weighted by Gasteiger charge is 2.25. The standard InChI is InChI=1S/C16H12N2O2/c19-12-6-8-17-15-13(10-4-2-1-3-5-10)11-7-9-20-16(11)18-14(12)15/h1-5,7,9,17H,6,8H2. The Morgan fingerprint density at radius 3 is 2.85 bits per heavy atom. The molecule has 0 radical (unpaired) electrons. The second kappa shape index (κ2) is 4.20. The van der Waals surface area contributed by atoms with E-state index in [0.717, 1.165) is 22.2 Å². The number of benzene rings is 1. The van der Waals surface area contributed by atoms with Gasteiger partial charge in [0.15, 0.2) is 5.78 Å². The maximum atomic E-state index is 12.1. The van der Waals surface area contributed by atoms with Crippen LogP contribution in [-0.2, 0) is 0 Å². The van der Waals surface area contributed by atoms with E-state index in [-0.39, 0.29) is 5.78 Å². The average Bonchev–Trinajstić information content (AvgIpc) is 2.94. The van der Waals surface area contributed by atoms with Gasteiger partial charge in [0.25, 0.3) is 0 Å². The molecule has 4 nitrogen and oxygen atoms in total. The fourth-order valence-corrected chi connectivity index (χ4v) is 2.69. The van der Waals surface area contributed by atoms with Crippen molar-refractivity contribution in [3.63, 3.8) is 0 Å². The van der Waals surface area contributed by atoms with Crippen molar-refractivity contribution in [2.24, 2.45) is 0 Å². The molecule has 1 aliphatic rings. The minimum Gasteiger partial charge on any atom is -0.446 e. The largest absolute Gasteiger partial charge is 0.446 e. The molecule has 0 saturated heterocycles. The zero-order valence-corrected chi connectivity index (χ0v) is 10.7. The molecule has 0 spiro atoms. The summed E-state index contributed by atoms with van der Waals surface area (Å²) < 4.78 is 5.40. The second-order valence-electron chi connectivity index (χ2n) is 4.82. The van der Waals surface area contributed by atoms with E-state index in [0.29, 0.717) is 24.4 Å². The minimum absolute atomic E-state index is 0.0641. The van der Waals surface area contributed by atoms with Crippen molar-refractivity contribution in [1.82, 2.24) is 4.98 Å². The quantitative estimate of drug-likeness (QED) is 0.731. The molecule has 0 saturated carbocycles. The smallest absolute Gasteiger partial charge is 0.227 e. The number of rotatable bonds is 1. The van der Waals surface area contributed by atoms with Crippen molar-refractivity contribution in [3.05, 3.63) is 48.4 Å². The fourth-order valence-electron chi connectivity index (χ4n) is 2.69. The number of fused-ring (bicyclic) bond motifs is 2. The molecule has 0 fully saturated rings. The number of furan rings is 1. The molecule has 0 unspecified atom stereocenters. The van der Waals surface area contributed by atoms with Crippen LogP contribution >= 0.6 is 0 Å². The molecule has 0 bridgehead atoms. The predicted molar refractivity (Wildman–Crippen MR) is 76.9 cm³/mol. The van der Waals surface area contributed by atoms with Crippen LogP contribution in [0.1, 0.15) is 16.9 Å². The molecule has 3 heterocycles. The third kappa shape index (κ3) is 1.54. The molecule has 1 N–H and O–H groups in total. The Bertz CT molecular complexity index is 806. The van der Waals surface area contributed by atoms with Gasteiger partial charge in [-0.3, -0.25) is 4.79 Å². The van der Waals surface area contributed by atoms with E-state index in [1.165, 1.54) is 0 Å². The first-order valence-corrected chi connectivity index (χ1v) is 6.58. The lowest BCUT2D eigenvalue weighted by molar-refractivity contribution is 0.0979. The molecular weight excluding hydrogens is 252 g/mol. The first-order chi connectivity index (χ1) is 9.84. The van der Waals surface area contributed by atoms with Crippen LogP contribution in [0.25, 0.3) is 22.2 Å². The third-order valence-corrected chi connectivity index (χ3v) is 3.59. The number of carbonyl (C=O) groups excluding carboxylic acids is 1. The van der Waals surface area contributed by atoms with E-state index in [1.54, 1.807) is 6.26 Å². The van der Waals surface area contributed by atoms with Crippen molar-refractivity contribution in [1.29, 1.82) is 0 Å². The second-order valence-corrected chi connectivity index (χ2v) is 4.82. The molecule has 1 aromatic carbocycles. The Kier molecular flexibility index (Phi) is 2.36. The summed E-state index contributed by atoms with van der Waals surface area (Å²) in [6.07, 6.45) is 2.08. The predicted octanol–water partition coefficient (Wildman–Crippen LogP) is 3.49. The van der Waals surface area contributed by atoms with Gasteiger partial charge in [0, 0.05) is 18.5 Å². The normalized spacial score (nSPS) is 14.1. The van der Waals surface area contributed by atoms with Crippen molar-refractivity contribution < 1.29 is 9.21 Å². The summed E-state index contributed by atoms with van der Waals surface area (Å²) in [6, 6.07) is 11.9. The Hall–Kier alpha value is -2.62. The van der Waals surface area contributed by atoms with Gasteiger partial charge < -0.3 is 9.73 Å². The summed E-state index contributed by atoms with van der Waals surface area (Å²) in [5, 5.41) is 4.24. The number of hydrogen-bond donors (Lipinski definition) is 1. The number of pyridine rings is 1. The Labute approximate surface area is 115 Å². The number of ketones is 1. The summed E-state index contributed by atoms with van der Waals surface area (Å²) in [5.41, 5.74) is 3.87. The maximum absolute atomic E-state index is 12.1. The lowest BCUT2D eigenvalue weighted by Gasteiger charge is -2.20. The number of carbonyl (C=O) groups is 1. The molecule has 98 valence electrons. The van der Waals surface area contributed by atoms with Crippen molar-refractivity contribution in [2.45, 2.75) is 6.42 Å². The zero-order valence-electron chi connectivity index (χ0n) is 10.7. The highest BCUT2D eigenvalue weighted by atomic mass is 16.3. The molecule has 2 aromatic heterocycles. The van der Waals surface area contributed by atoms with Gasteiger partial charge in [0.1, 0.15) is 5.69 Å². The first kappa shape index (κ1) is 11.2. The third-order valence-electron chi connectivity index (χ3n) is 3.59. The number of aromatic nitrogens is 1. The number of hydrogen-bond acceptors (Lipinski definition) is 4. The Balaban J connectivity index is 2.12. The molecule has 20 heavy (non-hydrogen) atoms. The van der Waals surface area contributed by atoms with Gasteiger partial charge in [-0.15, -0.1) is 0 Å². The minimum atomic E-state index is 0.0641. The van der Waals surface area contributed by atoms with Crippen LogP contribution in [-0.4, -0.2) is 17.3 Å². The first-order valence-electron chi connectivity index (χ1n) is 6.58. The van der Waals surface area contributed by atoms with Crippen LogP contribution in [0.4, 0.5) is 5.69 Å². The molecular formula is C16H12N2O2. The van der Waals surface area contributed by atoms with Gasteiger partial charge >= 0.3 is 0 Å². The molecule has 1 aliphatic heterocycles. The maximum Gasteiger partial charge on any atom is 0.227 e. The number of nitrogens with zero attached hydrogens (tertiary/aromatic N) is 1. The van der Waals surface area contributed by atoms with Gasteiger partial charge in [-0.25, -0.2) is 4.98 Å². The van der Waals surface area contributed by atoms with E-state index >= 15 is 0 Å². The summed E-state index contributed by atoms with van der Waals surface area (Å²) in [5.74, 6) is 0.0641. The van der Waals surface area contributed by atoms with Gasteiger partial charge in [-0.2, -0.15) is 0 Å². The topological polar surface area (TPSA) is 55.1 Å².